The maximum atomic E-state index is 11.7. The van der Waals surface area contributed by atoms with Crippen molar-refractivity contribution in [2.45, 2.75) is 38.9 Å². The summed E-state index contributed by atoms with van der Waals surface area (Å²) in [6.45, 7) is 5.08. The maximum Gasteiger partial charge on any atom is 0.309 e. The first-order valence-corrected chi connectivity index (χ1v) is 6.87. The van der Waals surface area contributed by atoms with Crippen LogP contribution < -0.4 is 0 Å². The molecule has 15 heavy (non-hydrogen) atoms. The Balaban J connectivity index is 4.54. The van der Waals surface area contributed by atoms with Crippen LogP contribution in [0.2, 0.25) is 0 Å². The zero-order valence-corrected chi connectivity index (χ0v) is 10.6. The molecule has 90 valence electrons. The zero-order chi connectivity index (χ0) is 12.1. The fourth-order valence-corrected chi connectivity index (χ4v) is 3.02. The van der Waals surface area contributed by atoms with E-state index in [4.69, 9.17) is 0 Å². The fourth-order valence-electron chi connectivity index (χ4n) is 1.22. The van der Waals surface area contributed by atoms with Crippen LogP contribution in [-0.4, -0.2) is 32.5 Å². The van der Waals surface area contributed by atoms with E-state index in [-0.39, 0.29) is 5.75 Å². The van der Waals surface area contributed by atoms with E-state index in [2.05, 4.69) is 4.74 Å². The van der Waals surface area contributed by atoms with Gasteiger partial charge >= 0.3 is 5.97 Å². The highest BCUT2D eigenvalue weighted by Crippen LogP contribution is 2.15. The summed E-state index contributed by atoms with van der Waals surface area (Å²) in [5.41, 5.74) is 0. The molecule has 0 fully saturated rings. The Morgan fingerprint density at radius 1 is 1.33 bits per heavy atom. The van der Waals surface area contributed by atoms with Crippen molar-refractivity contribution >= 4 is 15.8 Å². The normalized spacial score (nSPS) is 15.7. The number of hydrogen-bond donors (Lipinski definition) is 0. The Hall–Kier alpha value is -0.580. The van der Waals surface area contributed by atoms with Gasteiger partial charge in [0, 0.05) is 0 Å². The Labute approximate surface area is 91.9 Å². The molecular formula is C10H20O4S. The van der Waals surface area contributed by atoms with Crippen molar-refractivity contribution < 1.29 is 17.9 Å². The molecule has 0 aromatic heterocycles. The Kier molecular flexibility index (Phi) is 5.87. The van der Waals surface area contributed by atoms with Crippen molar-refractivity contribution in [1.82, 2.24) is 0 Å². The second kappa shape index (κ2) is 6.10. The average Bonchev–Trinajstić information content (AvgIpc) is 2.23. The molecule has 5 heteroatoms. The first-order chi connectivity index (χ1) is 6.86. The van der Waals surface area contributed by atoms with Crippen LogP contribution in [0, 0.1) is 5.92 Å². The summed E-state index contributed by atoms with van der Waals surface area (Å²) in [5.74, 6) is -0.925. The van der Waals surface area contributed by atoms with Crippen LogP contribution in [-0.2, 0) is 19.4 Å². The monoisotopic (exact) mass is 236 g/mol. The number of methoxy groups -OCH3 is 1. The molecule has 2 atom stereocenters. The lowest BCUT2D eigenvalue weighted by Gasteiger charge is -2.17. The van der Waals surface area contributed by atoms with Gasteiger partial charge in [0.15, 0.2) is 9.84 Å². The molecule has 0 heterocycles. The third kappa shape index (κ3) is 4.20. The third-order valence-electron chi connectivity index (χ3n) is 2.63. The molecule has 0 aromatic rings. The summed E-state index contributed by atoms with van der Waals surface area (Å²) in [6.07, 6.45) is 1.47. The van der Waals surface area contributed by atoms with E-state index < -0.39 is 27.0 Å². The molecule has 0 saturated heterocycles. The molecule has 2 unspecified atom stereocenters. The van der Waals surface area contributed by atoms with Crippen molar-refractivity contribution in [3.63, 3.8) is 0 Å². The molecule has 0 rings (SSSR count). The van der Waals surface area contributed by atoms with Gasteiger partial charge in [-0.1, -0.05) is 20.3 Å². The number of carbonyl (C=O) groups excluding carboxylic acids is 1. The molecule has 0 saturated carbocycles. The molecule has 0 N–H and O–H groups in total. The number of esters is 1. The zero-order valence-electron chi connectivity index (χ0n) is 9.82. The van der Waals surface area contributed by atoms with Crippen LogP contribution in [0.25, 0.3) is 0 Å². The van der Waals surface area contributed by atoms with E-state index in [0.29, 0.717) is 6.42 Å². The second-order valence-corrected chi connectivity index (χ2v) is 6.22. The Bertz CT molecular complexity index is 295. The van der Waals surface area contributed by atoms with Gasteiger partial charge in [-0.05, 0) is 13.3 Å². The fraction of sp³-hybridized carbons (Fsp3) is 0.900. The van der Waals surface area contributed by atoms with Crippen molar-refractivity contribution in [2.75, 3.05) is 12.9 Å². The second-order valence-electron chi connectivity index (χ2n) is 3.74. The highest BCUT2D eigenvalue weighted by molar-refractivity contribution is 7.92. The number of ether oxygens (including phenoxy) is 1. The average molecular weight is 236 g/mol. The number of sulfone groups is 1. The van der Waals surface area contributed by atoms with Crippen LogP contribution in [0.1, 0.15) is 33.6 Å². The summed E-state index contributed by atoms with van der Waals surface area (Å²) >= 11 is 0. The van der Waals surface area contributed by atoms with Crippen LogP contribution in [0.3, 0.4) is 0 Å². The Morgan fingerprint density at radius 3 is 2.27 bits per heavy atom. The summed E-state index contributed by atoms with van der Waals surface area (Å²) in [4.78, 5) is 11.2. The standard InChI is InChI=1S/C10H20O4S/c1-5-6-7-15(12,13)9(3)8(2)10(11)14-4/h8-9H,5-7H2,1-4H3. The molecule has 0 aliphatic carbocycles. The molecule has 4 nitrogen and oxygen atoms in total. The van der Waals surface area contributed by atoms with Crippen LogP contribution in [0.15, 0.2) is 0 Å². The van der Waals surface area contributed by atoms with Gasteiger partial charge in [0.1, 0.15) is 0 Å². The number of hydrogen-bond acceptors (Lipinski definition) is 4. The number of unbranched alkanes of at least 4 members (excludes halogenated alkanes) is 1. The van der Waals surface area contributed by atoms with Gasteiger partial charge < -0.3 is 4.74 Å². The minimum absolute atomic E-state index is 0.145. The van der Waals surface area contributed by atoms with Gasteiger partial charge in [0.05, 0.1) is 24.0 Å². The number of carbonyl (C=O) groups is 1. The summed E-state index contributed by atoms with van der Waals surface area (Å²) in [7, 11) is -1.91. The van der Waals surface area contributed by atoms with E-state index in [1.54, 1.807) is 13.8 Å². The molecule has 0 aromatic carbocycles. The summed E-state index contributed by atoms with van der Waals surface area (Å²) < 4.78 is 28.0. The number of rotatable bonds is 6. The molecule has 0 aliphatic heterocycles. The first kappa shape index (κ1) is 14.4. The predicted molar refractivity (Wildman–Crippen MR) is 59.3 cm³/mol. The van der Waals surface area contributed by atoms with Crippen molar-refractivity contribution in [3.8, 4) is 0 Å². The highest BCUT2D eigenvalue weighted by atomic mass is 32.2. The minimum atomic E-state index is -3.18. The first-order valence-electron chi connectivity index (χ1n) is 5.16. The molecule has 0 aliphatic rings. The summed E-state index contributed by atoms with van der Waals surface area (Å²) in [5, 5.41) is -0.670. The van der Waals surface area contributed by atoms with Crippen molar-refractivity contribution in [3.05, 3.63) is 0 Å². The maximum absolute atomic E-state index is 11.7. The van der Waals surface area contributed by atoms with E-state index in [0.717, 1.165) is 6.42 Å². The molecule has 0 spiro atoms. The topological polar surface area (TPSA) is 60.4 Å². The van der Waals surface area contributed by atoms with E-state index in [9.17, 15) is 13.2 Å². The van der Waals surface area contributed by atoms with Crippen LogP contribution in [0.5, 0.6) is 0 Å². The van der Waals surface area contributed by atoms with Gasteiger partial charge in [0.25, 0.3) is 0 Å². The van der Waals surface area contributed by atoms with Crippen molar-refractivity contribution in [1.29, 1.82) is 0 Å². The van der Waals surface area contributed by atoms with Gasteiger partial charge in [-0.3, -0.25) is 4.79 Å². The van der Waals surface area contributed by atoms with Crippen LogP contribution >= 0.6 is 0 Å². The lowest BCUT2D eigenvalue weighted by molar-refractivity contribution is -0.144. The molecular weight excluding hydrogens is 216 g/mol. The lowest BCUT2D eigenvalue weighted by atomic mass is 10.1. The predicted octanol–water partition coefficient (Wildman–Crippen LogP) is 1.40. The van der Waals surface area contributed by atoms with E-state index >= 15 is 0 Å². The van der Waals surface area contributed by atoms with Gasteiger partial charge in [-0.2, -0.15) is 0 Å². The molecule has 0 radical (unpaired) electrons. The van der Waals surface area contributed by atoms with Crippen LogP contribution in [0.4, 0.5) is 0 Å². The minimum Gasteiger partial charge on any atom is -0.469 e. The third-order valence-corrected chi connectivity index (χ3v) is 5.02. The van der Waals surface area contributed by atoms with Gasteiger partial charge in [-0.15, -0.1) is 0 Å². The quantitative estimate of drug-likeness (QED) is 0.654. The van der Waals surface area contributed by atoms with Gasteiger partial charge in [0.2, 0.25) is 0 Å². The van der Waals surface area contributed by atoms with Gasteiger partial charge in [-0.25, -0.2) is 8.42 Å². The molecule has 0 bridgehead atoms. The summed E-state index contributed by atoms with van der Waals surface area (Å²) in [6, 6.07) is 0. The largest absolute Gasteiger partial charge is 0.469 e. The molecule has 0 amide bonds. The van der Waals surface area contributed by atoms with Crippen molar-refractivity contribution in [2.24, 2.45) is 5.92 Å². The van der Waals surface area contributed by atoms with E-state index in [1.165, 1.54) is 7.11 Å². The lowest BCUT2D eigenvalue weighted by Crippen LogP contribution is -2.33. The smallest absolute Gasteiger partial charge is 0.309 e. The SMILES string of the molecule is CCCCS(=O)(=O)C(C)C(C)C(=O)OC. The Morgan fingerprint density at radius 2 is 1.87 bits per heavy atom. The van der Waals surface area contributed by atoms with E-state index in [1.807, 2.05) is 6.92 Å². The highest BCUT2D eigenvalue weighted by Gasteiger charge is 2.30.